The summed E-state index contributed by atoms with van der Waals surface area (Å²) in [5, 5.41) is 8.79. The predicted molar refractivity (Wildman–Crippen MR) is 58.3 cm³/mol. The van der Waals surface area contributed by atoms with E-state index in [1.165, 1.54) is 13.0 Å². The summed E-state index contributed by atoms with van der Waals surface area (Å²) in [6.45, 7) is 14.2. The fraction of sp³-hybridized carbons (Fsp3) is 0.700. The normalized spacial score (nSPS) is 18.5. The SMILES string of the molecule is C=C1CN(C(C)C)CCCN1.C=N. The third kappa shape index (κ3) is 4.68. The van der Waals surface area contributed by atoms with Crippen LogP contribution in [0.5, 0.6) is 0 Å². The van der Waals surface area contributed by atoms with Crippen LogP contribution in [0.2, 0.25) is 0 Å². The van der Waals surface area contributed by atoms with Crippen molar-refractivity contribution in [2.75, 3.05) is 19.6 Å². The first-order valence-corrected chi connectivity index (χ1v) is 4.71. The van der Waals surface area contributed by atoms with Gasteiger partial charge in [-0.15, -0.1) is 0 Å². The first kappa shape index (κ1) is 12.2. The van der Waals surface area contributed by atoms with E-state index in [-0.39, 0.29) is 0 Å². The van der Waals surface area contributed by atoms with Gasteiger partial charge in [-0.05, 0) is 27.0 Å². The molecule has 1 aliphatic rings. The first-order valence-electron chi connectivity index (χ1n) is 4.71. The van der Waals surface area contributed by atoms with Crippen LogP contribution in [0.4, 0.5) is 0 Å². The molecular weight excluding hydrogens is 162 g/mol. The van der Waals surface area contributed by atoms with Gasteiger partial charge in [-0.25, -0.2) is 0 Å². The number of nitrogens with one attached hydrogen (secondary N) is 2. The lowest BCUT2D eigenvalue weighted by atomic mass is 10.3. The average molecular weight is 183 g/mol. The predicted octanol–water partition coefficient (Wildman–Crippen LogP) is 1.47. The number of hydrogen-bond donors (Lipinski definition) is 2. The van der Waals surface area contributed by atoms with E-state index in [1.54, 1.807) is 0 Å². The summed E-state index contributed by atoms with van der Waals surface area (Å²) in [7, 11) is 0. The molecule has 1 aliphatic heterocycles. The number of nitrogens with zero attached hydrogens (tertiary/aromatic N) is 1. The summed E-state index contributed by atoms with van der Waals surface area (Å²) >= 11 is 0. The second kappa shape index (κ2) is 6.66. The molecule has 0 aromatic carbocycles. The Bertz CT molecular complexity index is 154. The van der Waals surface area contributed by atoms with Gasteiger partial charge in [0.05, 0.1) is 0 Å². The van der Waals surface area contributed by atoms with Gasteiger partial charge in [0.1, 0.15) is 0 Å². The van der Waals surface area contributed by atoms with E-state index in [1.807, 2.05) is 0 Å². The van der Waals surface area contributed by atoms with Crippen LogP contribution < -0.4 is 5.32 Å². The van der Waals surface area contributed by atoms with E-state index >= 15 is 0 Å². The maximum absolute atomic E-state index is 5.50. The standard InChI is InChI=1S/C9H18N2.CH3N/c1-8(2)11-6-4-5-10-9(3)7-11;1-2/h8,10H,3-7H2,1-2H3;2H,1H2. The molecule has 0 aromatic heterocycles. The molecule has 0 bridgehead atoms. The van der Waals surface area contributed by atoms with Crippen LogP contribution in [-0.2, 0) is 0 Å². The van der Waals surface area contributed by atoms with Crippen molar-refractivity contribution < 1.29 is 0 Å². The highest BCUT2D eigenvalue weighted by Gasteiger charge is 2.12. The minimum Gasteiger partial charge on any atom is -0.388 e. The zero-order valence-corrected chi connectivity index (χ0v) is 8.77. The van der Waals surface area contributed by atoms with E-state index in [9.17, 15) is 0 Å². The first-order chi connectivity index (χ1) is 6.20. The van der Waals surface area contributed by atoms with Crippen molar-refractivity contribution >= 4 is 6.72 Å². The molecule has 2 N–H and O–H groups in total. The summed E-state index contributed by atoms with van der Waals surface area (Å²) in [4.78, 5) is 2.45. The highest BCUT2D eigenvalue weighted by atomic mass is 15.2. The molecule has 0 spiro atoms. The van der Waals surface area contributed by atoms with Gasteiger partial charge >= 0.3 is 0 Å². The van der Waals surface area contributed by atoms with Gasteiger partial charge in [0, 0.05) is 31.4 Å². The zero-order chi connectivity index (χ0) is 10.3. The van der Waals surface area contributed by atoms with Crippen molar-refractivity contribution in [3.05, 3.63) is 12.3 Å². The van der Waals surface area contributed by atoms with Crippen molar-refractivity contribution in [1.29, 1.82) is 5.41 Å². The van der Waals surface area contributed by atoms with E-state index in [0.717, 1.165) is 18.8 Å². The maximum Gasteiger partial charge on any atom is 0.0378 e. The minimum atomic E-state index is 0.645. The zero-order valence-electron chi connectivity index (χ0n) is 8.77. The molecule has 0 aliphatic carbocycles. The van der Waals surface area contributed by atoms with Gasteiger partial charge in [0.2, 0.25) is 0 Å². The Morgan fingerprint density at radius 1 is 1.46 bits per heavy atom. The molecule has 0 aromatic rings. The van der Waals surface area contributed by atoms with Crippen molar-refractivity contribution in [2.45, 2.75) is 26.3 Å². The summed E-state index contributed by atoms with van der Waals surface area (Å²) < 4.78 is 0. The lowest BCUT2D eigenvalue weighted by Gasteiger charge is -2.23. The monoisotopic (exact) mass is 183 g/mol. The van der Waals surface area contributed by atoms with Crippen LogP contribution in [0.1, 0.15) is 20.3 Å². The topological polar surface area (TPSA) is 39.1 Å². The molecule has 3 nitrogen and oxygen atoms in total. The number of hydrogen-bond acceptors (Lipinski definition) is 3. The van der Waals surface area contributed by atoms with E-state index in [0.29, 0.717) is 6.04 Å². The van der Waals surface area contributed by atoms with Crippen LogP contribution >= 0.6 is 0 Å². The summed E-state index contributed by atoms with van der Waals surface area (Å²) in [6.07, 6.45) is 1.23. The maximum atomic E-state index is 5.50. The largest absolute Gasteiger partial charge is 0.388 e. The Kier molecular flexibility index (Phi) is 6.24. The Balaban J connectivity index is 0.000000671. The molecular formula is C10H21N3. The molecule has 0 amide bonds. The quantitative estimate of drug-likeness (QED) is 0.604. The molecule has 1 heterocycles. The minimum absolute atomic E-state index is 0.645. The summed E-state index contributed by atoms with van der Waals surface area (Å²) in [6, 6.07) is 0.645. The van der Waals surface area contributed by atoms with Crippen LogP contribution in [0, 0.1) is 5.41 Å². The second-order valence-electron chi connectivity index (χ2n) is 3.45. The van der Waals surface area contributed by atoms with Gasteiger partial charge in [0.25, 0.3) is 0 Å². The molecule has 0 radical (unpaired) electrons. The molecule has 13 heavy (non-hydrogen) atoms. The van der Waals surface area contributed by atoms with Gasteiger partial charge in [-0.1, -0.05) is 6.58 Å². The van der Waals surface area contributed by atoms with Gasteiger partial charge < -0.3 is 10.7 Å². The molecule has 0 saturated carbocycles. The molecule has 3 heteroatoms. The Morgan fingerprint density at radius 2 is 2.08 bits per heavy atom. The fourth-order valence-electron chi connectivity index (χ4n) is 1.37. The lowest BCUT2D eigenvalue weighted by molar-refractivity contribution is 0.247. The van der Waals surface area contributed by atoms with Crippen LogP contribution in [0.3, 0.4) is 0 Å². The lowest BCUT2D eigenvalue weighted by Crippen LogP contribution is -2.32. The summed E-state index contributed by atoms with van der Waals surface area (Å²) in [5.41, 5.74) is 1.16. The van der Waals surface area contributed by atoms with Gasteiger partial charge in [-0.3, -0.25) is 4.90 Å². The van der Waals surface area contributed by atoms with Crippen molar-refractivity contribution in [2.24, 2.45) is 0 Å². The molecule has 1 fully saturated rings. The number of rotatable bonds is 1. The van der Waals surface area contributed by atoms with Crippen LogP contribution in [0.15, 0.2) is 12.3 Å². The molecule has 1 rings (SSSR count). The van der Waals surface area contributed by atoms with Crippen LogP contribution in [-0.4, -0.2) is 37.3 Å². The third-order valence-corrected chi connectivity index (χ3v) is 2.12. The van der Waals surface area contributed by atoms with Crippen molar-refractivity contribution in [3.63, 3.8) is 0 Å². The Labute approximate surface area is 81.3 Å². The molecule has 0 atom stereocenters. The summed E-state index contributed by atoms with van der Waals surface area (Å²) in [5.74, 6) is 0. The highest BCUT2D eigenvalue weighted by Crippen LogP contribution is 2.05. The van der Waals surface area contributed by atoms with Crippen molar-refractivity contribution in [3.8, 4) is 0 Å². The third-order valence-electron chi connectivity index (χ3n) is 2.12. The van der Waals surface area contributed by atoms with E-state index < -0.39 is 0 Å². The molecule has 1 saturated heterocycles. The van der Waals surface area contributed by atoms with E-state index in [2.05, 4.69) is 37.4 Å². The fourth-order valence-corrected chi connectivity index (χ4v) is 1.37. The molecule has 76 valence electrons. The van der Waals surface area contributed by atoms with Crippen molar-refractivity contribution in [1.82, 2.24) is 10.2 Å². The smallest absolute Gasteiger partial charge is 0.0378 e. The second-order valence-corrected chi connectivity index (χ2v) is 3.45. The highest BCUT2D eigenvalue weighted by molar-refractivity contribution is 5.15. The average Bonchev–Trinajstić information content (AvgIpc) is 2.33. The van der Waals surface area contributed by atoms with Gasteiger partial charge in [-0.2, -0.15) is 0 Å². The van der Waals surface area contributed by atoms with E-state index in [4.69, 9.17) is 5.41 Å². The molecule has 0 unspecified atom stereocenters. The van der Waals surface area contributed by atoms with Crippen LogP contribution in [0.25, 0.3) is 0 Å². The Hall–Kier alpha value is -0.830. The van der Waals surface area contributed by atoms with Gasteiger partial charge in [0.15, 0.2) is 0 Å². The Morgan fingerprint density at radius 3 is 2.62 bits per heavy atom.